The number of amides is 1. The molecule has 3 aromatic carbocycles. The molecule has 0 N–H and O–H groups in total. The maximum atomic E-state index is 13.3. The van der Waals surface area contributed by atoms with E-state index in [0.717, 1.165) is 46.0 Å². The maximum Gasteiger partial charge on any atom is 0.270 e. The molecule has 0 aliphatic heterocycles. The first-order valence-electron chi connectivity index (χ1n) is 13.6. The van der Waals surface area contributed by atoms with Crippen LogP contribution in [-0.2, 0) is 34.2 Å². The minimum Gasteiger partial charge on any atom is -0.325 e. The zero-order valence-electron chi connectivity index (χ0n) is 23.0. The van der Waals surface area contributed by atoms with Crippen LogP contribution in [0.25, 0.3) is 22.2 Å². The number of nitrogens with zero attached hydrogens (tertiary/aromatic N) is 3. The van der Waals surface area contributed by atoms with Crippen LogP contribution in [0, 0.1) is 6.92 Å². The van der Waals surface area contributed by atoms with Gasteiger partial charge in [0.1, 0.15) is 5.65 Å². The molecule has 0 bridgehead atoms. The fourth-order valence-corrected chi connectivity index (χ4v) is 6.41. The average molecular weight is 552 g/mol. The molecule has 1 amide bonds. The van der Waals surface area contributed by atoms with Gasteiger partial charge in [-0.3, -0.25) is 4.79 Å². The van der Waals surface area contributed by atoms with Crippen molar-refractivity contribution in [1.29, 1.82) is 0 Å². The van der Waals surface area contributed by atoms with Gasteiger partial charge in [-0.15, -0.1) is 0 Å². The molecule has 2 heterocycles. The van der Waals surface area contributed by atoms with Gasteiger partial charge in [-0.1, -0.05) is 80.9 Å². The van der Waals surface area contributed by atoms with Crippen molar-refractivity contribution in [3.63, 3.8) is 0 Å². The summed E-state index contributed by atoms with van der Waals surface area (Å²) in [6.45, 7) is 7.15. The van der Waals surface area contributed by atoms with E-state index in [0.29, 0.717) is 24.2 Å². The van der Waals surface area contributed by atoms with E-state index in [9.17, 15) is 13.2 Å². The maximum absolute atomic E-state index is 13.3. The zero-order chi connectivity index (χ0) is 28.3. The van der Waals surface area contributed by atoms with Crippen molar-refractivity contribution < 1.29 is 13.2 Å². The summed E-state index contributed by atoms with van der Waals surface area (Å²) in [6, 6.07) is 27.6. The summed E-state index contributed by atoms with van der Waals surface area (Å²) in [5.74, 6) is 0. The Bertz CT molecular complexity index is 1760. The van der Waals surface area contributed by atoms with E-state index in [2.05, 4.69) is 49.6 Å². The molecule has 5 aromatic rings. The van der Waals surface area contributed by atoms with Crippen molar-refractivity contribution in [1.82, 2.24) is 9.55 Å². The number of hydrogen-bond acceptors (Lipinski definition) is 4. The van der Waals surface area contributed by atoms with Gasteiger partial charge in [0, 0.05) is 28.9 Å². The highest BCUT2D eigenvalue weighted by atomic mass is 32.2. The molecule has 40 heavy (non-hydrogen) atoms. The quantitative estimate of drug-likeness (QED) is 0.177. The van der Waals surface area contributed by atoms with E-state index >= 15 is 0 Å². The van der Waals surface area contributed by atoms with E-state index in [1.165, 1.54) is 28.8 Å². The number of anilines is 1. The monoisotopic (exact) mass is 551 g/mol. The molecular formula is C33H33N3O3S. The Morgan fingerprint density at radius 3 is 2.27 bits per heavy atom. The van der Waals surface area contributed by atoms with E-state index in [4.69, 9.17) is 4.98 Å². The minimum atomic E-state index is -4.06. The summed E-state index contributed by atoms with van der Waals surface area (Å²) >= 11 is 0. The summed E-state index contributed by atoms with van der Waals surface area (Å²) in [6.07, 6.45) is 3.27. The van der Waals surface area contributed by atoms with Crippen LogP contribution in [0.3, 0.4) is 0 Å². The number of fused-ring (bicyclic) bond motifs is 1. The van der Waals surface area contributed by atoms with Gasteiger partial charge in [-0.05, 0) is 66.8 Å². The summed E-state index contributed by atoms with van der Waals surface area (Å²) in [5, 5.41) is 1.19. The number of aryl methyl sites for hydroxylation is 3. The van der Waals surface area contributed by atoms with Crippen molar-refractivity contribution in [2.45, 2.75) is 51.5 Å². The van der Waals surface area contributed by atoms with E-state index in [1.807, 2.05) is 24.3 Å². The molecule has 0 spiro atoms. The van der Waals surface area contributed by atoms with Crippen LogP contribution in [0.4, 0.5) is 5.69 Å². The third-order valence-corrected chi connectivity index (χ3v) is 8.89. The minimum absolute atomic E-state index is 0.0594. The first-order valence-corrected chi connectivity index (χ1v) is 15.0. The van der Waals surface area contributed by atoms with Gasteiger partial charge < -0.3 is 4.57 Å². The van der Waals surface area contributed by atoms with Crippen LogP contribution in [-0.4, -0.2) is 24.4 Å². The van der Waals surface area contributed by atoms with Crippen LogP contribution in [0.15, 0.2) is 95.9 Å². The normalized spacial score (nSPS) is 11.6. The van der Waals surface area contributed by atoms with Crippen LogP contribution >= 0.6 is 0 Å². The Morgan fingerprint density at radius 1 is 0.900 bits per heavy atom. The molecule has 2 aromatic heterocycles. The number of carbonyl (C=O) groups excluding carboxylic acids is 1. The highest BCUT2D eigenvalue weighted by molar-refractivity contribution is 7.93. The van der Waals surface area contributed by atoms with Crippen molar-refractivity contribution in [3.8, 4) is 11.1 Å². The van der Waals surface area contributed by atoms with Crippen molar-refractivity contribution in [2.75, 3.05) is 4.31 Å². The van der Waals surface area contributed by atoms with Gasteiger partial charge in [0.25, 0.3) is 10.0 Å². The smallest absolute Gasteiger partial charge is 0.270 e. The van der Waals surface area contributed by atoms with Crippen LogP contribution in [0.1, 0.15) is 42.8 Å². The molecule has 204 valence electrons. The fourth-order valence-electron chi connectivity index (χ4n) is 5.15. The number of aromatic nitrogens is 2. The molecule has 0 fully saturated rings. The second-order valence-corrected chi connectivity index (χ2v) is 11.7. The molecule has 0 saturated carbocycles. The number of pyridine rings is 1. The second-order valence-electron chi connectivity index (χ2n) is 9.93. The topological polar surface area (TPSA) is 72.3 Å². The molecule has 0 saturated heterocycles. The van der Waals surface area contributed by atoms with Crippen molar-refractivity contribution in [3.05, 3.63) is 114 Å². The van der Waals surface area contributed by atoms with Crippen LogP contribution in [0.2, 0.25) is 0 Å². The number of benzene rings is 3. The Balaban J connectivity index is 1.51. The van der Waals surface area contributed by atoms with E-state index in [-0.39, 0.29) is 4.90 Å². The SMILES string of the molecule is CCCc1cc2c(C)cc(CC)nc2n1Cc1ccc(-c2ccccc2N(C=O)S(=O)(=O)c2ccccc2)cc1. The van der Waals surface area contributed by atoms with Gasteiger partial charge in [0.15, 0.2) is 0 Å². The Morgan fingerprint density at radius 2 is 1.60 bits per heavy atom. The molecule has 6 nitrogen and oxygen atoms in total. The summed E-state index contributed by atoms with van der Waals surface area (Å²) in [5.41, 5.74) is 7.51. The molecule has 0 unspecified atom stereocenters. The van der Waals surface area contributed by atoms with Gasteiger partial charge in [0.2, 0.25) is 6.41 Å². The second kappa shape index (κ2) is 11.5. The number of sulfonamides is 1. The Kier molecular flexibility index (Phi) is 7.85. The largest absolute Gasteiger partial charge is 0.325 e. The predicted molar refractivity (Wildman–Crippen MR) is 161 cm³/mol. The van der Waals surface area contributed by atoms with E-state index in [1.54, 1.807) is 30.3 Å². The molecule has 0 radical (unpaired) electrons. The average Bonchev–Trinajstić information content (AvgIpc) is 3.32. The lowest BCUT2D eigenvalue weighted by atomic mass is 10.0. The molecule has 0 aliphatic rings. The van der Waals surface area contributed by atoms with Crippen molar-refractivity contribution >= 4 is 33.2 Å². The number of para-hydroxylation sites is 1. The number of carbonyl (C=O) groups is 1. The lowest BCUT2D eigenvalue weighted by molar-refractivity contribution is -0.106. The van der Waals surface area contributed by atoms with E-state index < -0.39 is 10.0 Å². The number of rotatable bonds is 10. The molecule has 7 heteroatoms. The molecular weight excluding hydrogens is 518 g/mol. The fraction of sp³-hybridized carbons (Fsp3) is 0.212. The van der Waals surface area contributed by atoms with Gasteiger partial charge in [0.05, 0.1) is 10.6 Å². The summed E-state index contributed by atoms with van der Waals surface area (Å²) < 4.78 is 29.8. The molecule has 0 atom stereocenters. The van der Waals surface area contributed by atoms with Gasteiger partial charge in [-0.25, -0.2) is 17.7 Å². The predicted octanol–water partition coefficient (Wildman–Crippen LogP) is 6.93. The third kappa shape index (κ3) is 5.17. The first kappa shape index (κ1) is 27.3. The van der Waals surface area contributed by atoms with Crippen LogP contribution < -0.4 is 4.31 Å². The standard InChI is InChI=1S/C33H33N3O3S/c1-4-11-28-21-31-24(3)20-27(5-2)34-33(31)35(28)22-25-16-18-26(19-17-25)30-14-9-10-15-32(30)36(23-37)40(38,39)29-12-7-6-8-13-29/h6-10,12-21,23H,4-5,11,22H2,1-3H3. The summed E-state index contributed by atoms with van der Waals surface area (Å²) in [4.78, 5) is 17.2. The van der Waals surface area contributed by atoms with Crippen LogP contribution in [0.5, 0.6) is 0 Å². The third-order valence-electron chi connectivity index (χ3n) is 7.22. The highest BCUT2D eigenvalue weighted by Crippen LogP contribution is 2.34. The van der Waals surface area contributed by atoms with Crippen molar-refractivity contribution in [2.24, 2.45) is 0 Å². The Hall–Kier alpha value is -4.23. The lowest BCUT2D eigenvalue weighted by Gasteiger charge is -2.21. The highest BCUT2D eigenvalue weighted by Gasteiger charge is 2.26. The number of hydrogen-bond donors (Lipinski definition) is 0. The molecule has 5 rings (SSSR count). The van der Waals surface area contributed by atoms with Gasteiger partial charge >= 0.3 is 0 Å². The summed E-state index contributed by atoms with van der Waals surface area (Å²) in [7, 11) is -4.06. The van der Waals surface area contributed by atoms with Gasteiger partial charge in [-0.2, -0.15) is 0 Å². The Labute approximate surface area is 236 Å². The lowest BCUT2D eigenvalue weighted by Crippen LogP contribution is -2.30. The zero-order valence-corrected chi connectivity index (χ0v) is 23.9. The molecule has 0 aliphatic carbocycles. The first-order chi connectivity index (χ1) is 19.4.